The van der Waals surface area contributed by atoms with Crippen molar-refractivity contribution in [1.29, 1.82) is 0 Å². The Morgan fingerprint density at radius 1 is 1.14 bits per heavy atom. The highest BCUT2D eigenvalue weighted by atomic mass is 16.6. The van der Waals surface area contributed by atoms with Crippen molar-refractivity contribution in [3.63, 3.8) is 0 Å². The number of amides is 3. The average Bonchev–Trinajstić information content (AvgIpc) is 3.56. The lowest BCUT2D eigenvalue weighted by atomic mass is 10.0. The number of carbonyl (C=O) groups is 4. The molecule has 3 amide bonds. The molecule has 5 unspecified atom stereocenters. The summed E-state index contributed by atoms with van der Waals surface area (Å²) in [6.45, 7) is 11.3. The van der Waals surface area contributed by atoms with Gasteiger partial charge >= 0.3 is 12.1 Å². The number of nitrogens with one attached hydrogen (secondary N) is 2. The number of allylic oxidation sites excluding steroid dienone is 1. The number of aryl methyl sites for hydroxylation is 1. The Balaban J connectivity index is 1.50. The van der Waals surface area contributed by atoms with Crippen LogP contribution >= 0.6 is 0 Å². The zero-order chi connectivity index (χ0) is 35.7. The van der Waals surface area contributed by atoms with Crippen LogP contribution < -0.4 is 20.1 Å². The number of carboxylic acid groups (broad SMARTS) is 1. The molecule has 2 aliphatic heterocycles. The smallest absolute Gasteiger partial charge is 0.408 e. The van der Waals surface area contributed by atoms with Gasteiger partial charge in [0.1, 0.15) is 40.8 Å². The summed E-state index contributed by atoms with van der Waals surface area (Å²) < 4.78 is 17.7. The zero-order valence-corrected chi connectivity index (χ0v) is 29.6. The van der Waals surface area contributed by atoms with E-state index in [4.69, 9.17) is 19.2 Å². The van der Waals surface area contributed by atoms with E-state index < -0.39 is 53.2 Å². The van der Waals surface area contributed by atoms with E-state index in [1.165, 1.54) is 4.90 Å². The van der Waals surface area contributed by atoms with Gasteiger partial charge in [-0.2, -0.15) is 0 Å². The predicted molar refractivity (Wildman–Crippen MR) is 184 cm³/mol. The highest BCUT2D eigenvalue weighted by Crippen LogP contribution is 2.45. The van der Waals surface area contributed by atoms with Crippen molar-refractivity contribution in [2.24, 2.45) is 5.92 Å². The number of nitrogens with zero attached hydrogens (tertiary/aromatic N) is 2. The lowest BCUT2D eigenvalue weighted by Gasteiger charge is -2.30. The molecule has 5 atom stereocenters. The molecule has 1 saturated carbocycles. The Hall–Kier alpha value is -4.35. The number of hydrogen-bond donors (Lipinski definition) is 3. The summed E-state index contributed by atoms with van der Waals surface area (Å²) >= 11 is 0. The molecule has 1 aliphatic carbocycles. The van der Waals surface area contributed by atoms with E-state index in [1.54, 1.807) is 27.9 Å². The molecule has 266 valence electrons. The van der Waals surface area contributed by atoms with Gasteiger partial charge in [0.15, 0.2) is 0 Å². The molecule has 3 heterocycles. The number of fused-ring (bicyclic) bond motifs is 3. The molecule has 2 fully saturated rings. The number of hydrogen-bond acceptors (Lipinski definition) is 8. The third-order valence-corrected chi connectivity index (χ3v) is 9.58. The number of carbonyl (C=O) groups excluding carboxylic acids is 3. The first-order valence-corrected chi connectivity index (χ1v) is 17.3. The second-order valence-corrected chi connectivity index (χ2v) is 14.8. The van der Waals surface area contributed by atoms with Crippen LogP contribution in [0.15, 0.2) is 30.4 Å². The van der Waals surface area contributed by atoms with Gasteiger partial charge in [0, 0.05) is 35.0 Å². The van der Waals surface area contributed by atoms with Gasteiger partial charge < -0.3 is 34.9 Å². The lowest BCUT2D eigenvalue weighted by Crippen LogP contribution is -2.56. The monoisotopic (exact) mass is 678 g/mol. The zero-order valence-electron chi connectivity index (χ0n) is 29.6. The summed E-state index contributed by atoms with van der Waals surface area (Å²) in [5.74, 6) is -1.09. The minimum atomic E-state index is -1.43. The summed E-state index contributed by atoms with van der Waals surface area (Å²) in [5, 5.41) is 16.5. The van der Waals surface area contributed by atoms with Crippen LogP contribution in [-0.4, -0.2) is 81.8 Å². The standard InChI is InChI=1S/C37H50N4O8/c1-21(2)27-18-30(25-15-16-29(47-7)22(3)31(25)38-27)48-24-17-28-32(42)40-37(34(44)45)19-23(37)13-11-9-8-10-12-14-26(33(43)41(28)20-24)39-35(46)49-36(4,5)6/h11,13,15-16,18,21,23-24,26,28H,8-10,12,14,17,19-20H2,1-7H3,(H,39,46)(H,40,42)(H,44,45). The summed E-state index contributed by atoms with van der Waals surface area (Å²) in [4.78, 5) is 60.1. The van der Waals surface area contributed by atoms with Crippen molar-refractivity contribution < 1.29 is 38.5 Å². The number of aliphatic carboxylic acids is 1. The highest BCUT2D eigenvalue weighted by Gasteiger charge is 2.61. The fraction of sp³-hybridized carbons (Fsp3) is 0.595. The van der Waals surface area contributed by atoms with Crippen LogP contribution in [0.25, 0.3) is 10.9 Å². The van der Waals surface area contributed by atoms with Crippen LogP contribution in [0.5, 0.6) is 11.5 Å². The van der Waals surface area contributed by atoms with Crippen LogP contribution in [0, 0.1) is 12.8 Å². The number of rotatable bonds is 6. The molecule has 0 radical (unpaired) electrons. The van der Waals surface area contributed by atoms with Crippen molar-refractivity contribution in [3.8, 4) is 11.5 Å². The summed E-state index contributed by atoms with van der Waals surface area (Å²) in [7, 11) is 1.61. The van der Waals surface area contributed by atoms with Gasteiger partial charge in [0.2, 0.25) is 11.8 Å². The summed E-state index contributed by atoms with van der Waals surface area (Å²) in [5.41, 5.74) is 0.215. The molecule has 0 bridgehead atoms. The van der Waals surface area contributed by atoms with E-state index >= 15 is 0 Å². The van der Waals surface area contributed by atoms with Crippen LogP contribution in [-0.2, 0) is 19.1 Å². The van der Waals surface area contributed by atoms with E-state index in [-0.39, 0.29) is 31.2 Å². The Morgan fingerprint density at radius 2 is 1.90 bits per heavy atom. The number of alkyl carbamates (subject to hydrolysis) is 1. The van der Waals surface area contributed by atoms with Crippen LogP contribution in [0.2, 0.25) is 0 Å². The lowest BCUT2D eigenvalue weighted by molar-refractivity contribution is -0.145. The Labute approximate surface area is 287 Å². The van der Waals surface area contributed by atoms with Crippen molar-refractivity contribution in [3.05, 3.63) is 41.6 Å². The maximum absolute atomic E-state index is 14.4. The quantitative estimate of drug-likeness (QED) is 0.341. The van der Waals surface area contributed by atoms with Gasteiger partial charge in [-0.25, -0.2) is 9.59 Å². The van der Waals surface area contributed by atoms with Crippen LogP contribution in [0.4, 0.5) is 4.79 Å². The molecule has 0 spiro atoms. The molecule has 2 aromatic rings. The van der Waals surface area contributed by atoms with Crippen molar-refractivity contribution >= 4 is 34.8 Å². The highest BCUT2D eigenvalue weighted by molar-refractivity contribution is 5.96. The number of carboxylic acids is 1. The molecule has 1 aromatic carbocycles. The normalized spacial score (nSPS) is 26.2. The topological polar surface area (TPSA) is 156 Å². The third kappa shape index (κ3) is 7.94. The number of pyridine rings is 1. The molecule has 3 aliphatic rings. The molecule has 3 N–H and O–H groups in total. The van der Waals surface area contributed by atoms with E-state index in [2.05, 4.69) is 10.6 Å². The van der Waals surface area contributed by atoms with Gasteiger partial charge in [-0.15, -0.1) is 0 Å². The molecular formula is C37H50N4O8. The van der Waals surface area contributed by atoms with Gasteiger partial charge in [0.05, 0.1) is 19.2 Å². The molecule has 12 heteroatoms. The number of aromatic nitrogens is 1. The second-order valence-electron chi connectivity index (χ2n) is 14.8. The van der Waals surface area contributed by atoms with Gasteiger partial charge in [0.25, 0.3) is 0 Å². The first-order valence-electron chi connectivity index (χ1n) is 17.3. The molecule has 5 rings (SSSR count). The minimum Gasteiger partial charge on any atom is -0.496 e. The van der Waals surface area contributed by atoms with E-state index in [0.717, 1.165) is 41.4 Å². The van der Waals surface area contributed by atoms with Crippen LogP contribution in [0.1, 0.15) is 96.7 Å². The van der Waals surface area contributed by atoms with Gasteiger partial charge in [-0.3, -0.25) is 14.6 Å². The molecule has 1 saturated heterocycles. The number of benzene rings is 1. The molecule has 12 nitrogen and oxygen atoms in total. The molecule has 49 heavy (non-hydrogen) atoms. The minimum absolute atomic E-state index is 0.0583. The molecular weight excluding hydrogens is 628 g/mol. The summed E-state index contributed by atoms with van der Waals surface area (Å²) in [6.07, 6.45) is 6.34. The second kappa shape index (κ2) is 14.2. The van der Waals surface area contributed by atoms with Crippen molar-refractivity contribution in [2.75, 3.05) is 13.7 Å². The summed E-state index contributed by atoms with van der Waals surface area (Å²) in [6, 6.07) is 3.67. The SMILES string of the molecule is COc1ccc2c(OC3CC4C(=O)NC5(C(=O)O)CC5C=CCCCCCC(NC(=O)OC(C)(C)C)C(=O)N4C3)cc(C(C)C)nc2c1C. The van der Waals surface area contributed by atoms with Crippen LogP contribution in [0.3, 0.4) is 0 Å². The average molecular weight is 679 g/mol. The maximum atomic E-state index is 14.4. The van der Waals surface area contributed by atoms with E-state index in [1.807, 2.05) is 51.1 Å². The maximum Gasteiger partial charge on any atom is 0.408 e. The van der Waals surface area contributed by atoms with Gasteiger partial charge in [-0.05, 0) is 71.4 Å². The Morgan fingerprint density at radius 3 is 2.57 bits per heavy atom. The fourth-order valence-corrected chi connectivity index (χ4v) is 6.79. The number of methoxy groups -OCH3 is 1. The van der Waals surface area contributed by atoms with E-state index in [9.17, 15) is 24.3 Å². The largest absolute Gasteiger partial charge is 0.496 e. The first-order chi connectivity index (χ1) is 23.1. The van der Waals surface area contributed by atoms with Gasteiger partial charge in [-0.1, -0.05) is 38.8 Å². The Kier molecular flexibility index (Phi) is 10.5. The van der Waals surface area contributed by atoms with Crippen molar-refractivity contribution in [2.45, 2.75) is 122 Å². The number of ether oxygens (including phenoxy) is 3. The van der Waals surface area contributed by atoms with Crippen molar-refractivity contribution in [1.82, 2.24) is 20.5 Å². The predicted octanol–water partition coefficient (Wildman–Crippen LogP) is 5.40. The fourth-order valence-electron chi connectivity index (χ4n) is 6.79. The molecule has 1 aromatic heterocycles. The Bertz CT molecular complexity index is 1630. The van der Waals surface area contributed by atoms with E-state index in [0.29, 0.717) is 24.3 Å². The third-order valence-electron chi connectivity index (χ3n) is 9.58. The first kappa shape index (κ1) is 35.9.